The Morgan fingerprint density at radius 3 is 2.25 bits per heavy atom. The lowest BCUT2D eigenvalue weighted by molar-refractivity contribution is 0.144. The number of piperazine rings is 1. The number of carboxylic acid groups (broad SMARTS) is 1. The quantitative estimate of drug-likeness (QED) is 0.320. The van der Waals surface area contributed by atoms with E-state index in [0.29, 0.717) is 49.6 Å². The van der Waals surface area contributed by atoms with Gasteiger partial charge in [0, 0.05) is 37.6 Å². The van der Waals surface area contributed by atoms with Gasteiger partial charge < -0.3 is 24.2 Å². The number of anilines is 2. The van der Waals surface area contributed by atoms with E-state index in [1.54, 1.807) is 27.8 Å². The van der Waals surface area contributed by atoms with Crippen molar-refractivity contribution in [1.29, 1.82) is 0 Å². The van der Waals surface area contributed by atoms with Crippen LogP contribution in [0.3, 0.4) is 0 Å². The van der Waals surface area contributed by atoms with Crippen LogP contribution in [0.4, 0.5) is 20.6 Å². The van der Waals surface area contributed by atoms with Crippen LogP contribution in [0.25, 0.3) is 16.6 Å². The van der Waals surface area contributed by atoms with Crippen LogP contribution in [0, 0.1) is 5.82 Å². The summed E-state index contributed by atoms with van der Waals surface area (Å²) in [6, 6.07) is 20.3. The van der Waals surface area contributed by atoms with Gasteiger partial charge in [-0.1, -0.05) is 30.3 Å². The van der Waals surface area contributed by atoms with Crippen LogP contribution in [0.5, 0.6) is 5.75 Å². The largest absolute Gasteiger partial charge is 0.511 e. The highest BCUT2D eigenvalue weighted by Gasteiger charge is 2.23. The molecule has 0 saturated carbocycles. The highest BCUT2D eigenvalue weighted by atomic mass is 19.1. The van der Waals surface area contributed by atoms with E-state index in [1.807, 2.05) is 47.4 Å². The molecular weight excluding hydrogens is 515 g/mol. The van der Waals surface area contributed by atoms with E-state index in [-0.39, 0.29) is 5.39 Å². The summed E-state index contributed by atoms with van der Waals surface area (Å²) in [6.07, 6.45) is 2.91. The van der Waals surface area contributed by atoms with Gasteiger partial charge in [0.25, 0.3) is 0 Å². The number of aromatic nitrogens is 4. The van der Waals surface area contributed by atoms with Crippen molar-refractivity contribution >= 4 is 28.4 Å². The molecule has 1 aliphatic heterocycles. The smallest absolute Gasteiger partial charge is 0.449 e. The molecule has 3 heterocycles. The third-order valence-corrected chi connectivity index (χ3v) is 6.98. The molecule has 0 bridgehead atoms. The van der Waals surface area contributed by atoms with Crippen molar-refractivity contribution in [3.05, 3.63) is 107 Å². The third kappa shape index (κ3) is 4.96. The van der Waals surface area contributed by atoms with Crippen LogP contribution < -0.4 is 20.0 Å². The van der Waals surface area contributed by atoms with Crippen LogP contribution in [0.2, 0.25) is 0 Å². The fourth-order valence-electron chi connectivity index (χ4n) is 5.03. The maximum Gasteiger partial charge on any atom is 0.511 e. The van der Waals surface area contributed by atoms with Crippen LogP contribution in [0.15, 0.2) is 90.1 Å². The van der Waals surface area contributed by atoms with E-state index in [1.165, 1.54) is 12.3 Å². The van der Waals surface area contributed by atoms with E-state index in [9.17, 15) is 14.7 Å². The average Bonchev–Trinajstić information content (AvgIpc) is 3.48. The SMILES string of the molecule is O=C(O)Oc1cn(-c2ccc(Cn3nccn3)cc2)c2cc(N3CCN(c4ccccc4)CC3)c(F)cc2c1=O. The predicted octanol–water partition coefficient (Wildman–Crippen LogP) is 4.15. The van der Waals surface area contributed by atoms with Gasteiger partial charge in [-0.25, -0.2) is 9.18 Å². The van der Waals surface area contributed by atoms with Gasteiger partial charge in [0.2, 0.25) is 5.43 Å². The first-order chi connectivity index (χ1) is 19.5. The highest BCUT2D eigenvalue weighted by molar-refractivity contribution is 5.86. The molecule has 0 amide bonds. The van der Waals surface area contributed by atoms with Gasteiger partial charge in [-0.15, -0.1) is 0 Å². The molecule has 3 aromatic carbocycles. The zero-order valence-corrected chi connectivity index (χ0v) is 21.4. The second-order valence-corrected chi connectivity index (χ2v) is 9.42. The molecule has 202 valence electrons. The first-order valence-corrected chi connectivity index (χ1v) is 12.7. The summed E-state index contributed by atoms with van der Waals surface area (Å²) in [5.41, 5.74) is 2.81. The molecule has 1 N–H and O–H groups in total. The molecule has 5 aromatic rings. The van der Waals surface area contributed by atoms with Gasteiger partial charge >= 0.3 is 6.16 Å². The van der Waals surface area contributed by atoms with Gasteiger partial charge in [0.1, 0.15) is 5.82 Å². The summed E-state index contributed by atoms with van der Waals surface area (Å²) in [5, 5.41) is 17.4. The van der Waals surface area contributed by atoms with E-state index in [2.05, 4.69) is 27.2 Å². The Bertz CT molecular complexity index is 1710. The zero-order valence-electron chi connectivity index (χ0n) is 21.4. The molecule has 0 radical (unpaired) electrons. The topological polar surface area (TPSA) is 106 Å². The summed E-state index contributed by atoms with van der Waals surface area (Å²) in [5.74, 6) is -0.965. The number of hydrogen-bond donors (Lipinski definition) is 1. The van der Waals surface area contributed by atoms with Crippen LogP contribution in [-0.4, -0.2) is 57.0 Å². The van der Waals surface area contributed by atoms with Crippen molar-refractivity contribution < 1.29 is 19.0 Å². The van der Waals surface area contributed by atoms with Crippen molar-refractivity contribution in [2.45, 2.75) is 6.54 Å². The maximum absolute atomic E-state index is 15.5. The molecule has 1 aliphatic rings. The Morgan fingerprint density at radius 1 is 0.900 bits per heavy atom. The molecule has 1 saturated heterocycles. The number of benzene rings is 3. The number of rotatable bonds is 6. The molecule has 0 aliphatic carbocycles. The molecule has 6 rings (SSSR count). The minimum Gasteiger partial charge on any atom is -0.449 e. The second kappa shape index (κ2) is 10.5. The van der Waals surface area contributed by atoms with Crippen LogP contribution in [-0.2, 0) is 6.54 Å². The monoisotopic (exact) mass is 540 g/mol. The predicted molar refractivity (Wildman–Crippen MR) is 148 cm³/mol. The van der Waals surface area contributed by atoms with E-state index in [0.717, 1.165) is 11.3 Å². The minimum atomic E-state index is -1.63. The van der Waals surface area contributed by atoms with Crippen LogP contribution >= 0.6 is 0 Å². The first-order valence-electron chi connectivity index (χ1n) is 12.7. The maximum atomic E-state index is 15.5. The normalized spacial score (nSPS) is 13.5. The van der Waals surface area contributed by atoms with Gasteiger partial charge in [0.05, 0.1) is 41.7 Å². The zero-order chi connectivity index (χ0) is 27.6. The number of para-hydroxylation sites is 1. The highest BCUT2D eigenvalue weighted by Crippen LogP contribution is 2.30. The van der Waals surface area contributed by atoms with Crippen molar-refractivity contribution in [3.63, 3.8) is 0 Å². The molecule has 2 aromatic heterocycles. The van der Waals surface area contributed by atoms with Crippen molar-refractivity contribution in [1.82, 2.24) is 19.6 Å². The molecule has 10 nitrogen and oxygen atoms in total. The lowest BCUT2D eigenvalue weighted by Crippen LogP contribution is -2.46. The summed E-state index contributed by atoms with van der Waals surface area (Å²) < 4.78 is 21.9. The van der Waals surface area contributed by atoms with Crippen LogP contribution in [0.1, 0.15) is 5.56 Å². The number of nitrogens with zero attached hydrogens (tertiary/aromatic N) is 6. The minimum absolute atomic E-state index is 0.0211. The van der Waals surface area contributed by atoms with Gasteiger partial charge in [0.15, 0.2) is 5.75 Å². The second-order valence-electron chi connectivity index (χ2n) is 9.42. The van der Waals surface area contributed by atoms with Crippen molar-refractivity contribution in [3.8, 4) is 11.4 Å². The van der Waals surface area contributed by atoms with Gasteiger partial charge in [-0.05, 0) is 42.0 Å². The Balaban J connectivity index is 1.38. The lowest BCUT2D eigenvalue weighted by atomic mass is 10.1. The number of carbonyl (C=O) groups is 1. The number of hydrogen-bond acceptors (Lipinski definition) is 7. The van der Waals surface area contributed by atoms with Gasteiger partial charge in [-0.3, -0.25) is 4.79 Å². The summed E-state index contributed by atoms with van der Waals surface area (Å²) in [7, 11) is 0. The number of fused-ring (bicyclic) bond motifs is 1. The summed E-state index contributed by atoms with van der Waals surface area (Å²) >= 11 is 0. The Hall–Kier alpha value is -5.19. The number of pyridine rings is 1. The summed E-state index contributed by atoms with van der Waals surface area (Å²) in [6.45, 7) is 3.09. The molecule has 0 atom stereocenters. The van der Waals surface area contributed by atoms with Crippen molar-refractivity contribution in [2.75, 3.05) is 36.0 Å². The summed E-state index contributed by atoms with van der Waals surface area (Å²) in [4.78, 5) is 30.2. The Labute approximate surface area is 228 Å². The Morgan fingerprint density at radius 2 is 1.57 bits per heavy atom. The fourth-order valence-corrected chi connectivity index (χ4v) is 5.03. The molecule has 0 unspecified atom stereocenters. The van der Waals surface area contributed by atoms with Gasteiger partial charge in [-0.2, -0.15) is 15.0 Å². The molecular formula is C29H25FN6O4. The molecule has 11 heteroatoms. The Kier molecular flexibility index (Phi) is 6.61. The van der Waals surface area contributed by atoms with E-state index >= 15 is 4.39 Å². The van der Waals surface area contributed by atoms with E-state index < -0.39 is 23.2 Å². The van der Waals surface area contributed by atoms with Crippen molar-refractivity contribution in [2.24, 2.45) is 0 Å². The number of ether oxygens (including phenoxy) is 1. The molecule has 40 heavy (non-hydrogen) atoms. The fraction of sp³-hybridized carbons (Fsp3) is 0.172. The lowest BCUT2D eigenvalue weighted by Gasteiger charge is -2.37. The van der Waals surface area contributed by atoms with E-state index in [4.69, 9.17) is 4.74 Å². The first kappa shape index (κ1) is 25.1. The standard InChI is InChI=1S/C29H25FN6O4/c30-24-16-23-25(17-26(24)34-14-12-33(13-15-34)21-4-2-1-3-5-21)35(19-27(28(23)37)40-29(38)39)22-8-6-20(7-9-22)18-36-31-10-11-32-36/h1-11,16-17,19H,12-15,18H2,(H,38,39). The average molecular weight is 541 g/mol. The third-order valence-electron chi connectivity index (χ3n) is 6.98. The number of halogens is 1. The molecule has 1 fully saturated rings. The molecule has 0 spiro atoms.